The van der Waals surface area contributed by atoms with Gasteiger partial charge in [0.05, 0.1) is 23.7 Å². The number of imide groups is 1. The van der Waals surface area contributed by atoms with E-state index in [-0.39, 0.29) is 36.5 Å². The van der Waals surface area contributed by atoms with Crippen LogP contribution in [0.25, 0.3) is 33.0 Å². The highest BCUT2D eigenvalue weighted by Crippen LogP contribution is 2.43. The molecular weight excluding hydrogens is 514 g/mol. The number of benzene rings is 3. The number of amides is 2. The number of rotatable bonds is 6. The molecule has 1 N–H and O–H groups in total. The summed E-state index contributed by atoms with van der Waals surface area (Å²) in [5.41, 5.74) is 4.91. The second-order valence-electron chi connectivity index (χ2n) is 10.5. The van der Waals surface area contributed by atoms with Gasteiger partial charge in [0.2, 0.25) is 0 Å². The van der Waals surface area contributed by atoms with Gasteiger partial charge in [-0.25, -0.2) is 0 Å². The molecule has 1 aliphatic carbocycles. The molecule has 2 atom stereocenters. The normalized spacial score (nSPS) is 18.8. The maximum absolute atomic E-state index is 14.3. The maximum atomic E-state index is 14.3. The zero-order chi connectivity index (χ0) is 28.1. The molecule has 0 spiro atoms. The summed E-state index contributed by atoms with van der Waals surface area (Å²) in [5, 5.41) is 1.77. The molecule has 0 saturated carbocycles. The van der Waals surface area contributed by atoms with Gasteiger partial charge in [-0.15, -0.1) is 0 Å². The molecule has 1 aliphatic heterocycles. The Balaban J connectivity index is 1.40. The Morgan fingerprint density at radius 2 is 1.54 bits per heavy atom. The molecule has 202 valence electrons. The maximum Gasteiger partial charge on any atom is 0.303 e. The number of fused-ring (bicyclic) bond motifs is 2. The van der Waals surface area contributed by atoms with Crippen molar-refractivity contribution >= 4 is 50.7 Å². The van der Waals surface area contributed by atoms with E-state index in [1.165, 1.54) is 11.8 Å². The van der Waals surface area contributed by atoms with Crippen molar-refractivity contribution in [2.45, 2.75) is 32.0 Å². The number of esters is 1. The number of H-pyrrole nitrogens is 1. The minimum Gasteiger partial charge on any atom is -0.458 e. The molecule has 7 heteroatoms. The second-order valence-corrected chi connectivity index (χ2v) is 10.5. The number of aromatic amines is 1. The first-order chi connectivity index (χ1) is 20.0. The Morgan fingerprint density at radius 1 is 0.854 bits per heavy atom. The molecule has 0 fully saturated rings. The lowest BCUT2D eigenvalue weighted by Gasteiger charge is -2.15. The third kappa shape index (κ3) is 4.17. The third-order valence-electron chi connectivity index (χ3n) is 7.92. The van der Waals surface area contributed by atoms with Crippen molar-refractivity contribution in [1.82, 2.24) is 14.5 Å². The van der Waals surface area contributed by atoms with Crippen LogP contribution in [-0.4, -0.2) is 38.3 Å². The molecule has 0 unspecified atom stereocenters. The first-order valence-electron chi connectivity index (χ1n) is 13.7. The van der Waals surface area contributed by atoms with Gasteiger partial charge in [-0.2, -0.15) is 0 Å². The summed E-state index contributed by atoms with van der Waals surface area (Å²) in [4.78, 5) is 44.6. The summed E-state index contributed by atoms with van der Waals surface area (Å²) in [6, 6.07) is 25.2. The highest BCUT2D eigenvalue weighted by Gasteiger charge is 2.41. The fraction of sp³-hybridized carbons (Fsp3) is 0.147. The molecule has 2 aliphatic rings. The monoisotopic (exact) mass is 541 g/mol. The quantitative estimate of drug-likeness (QED) is 0.162. The molecule has 41 heavy (non-hydrogen) atoms. The van der Waals surface area contributed by atoms with Crippen molar-refractivity contribution in [2.24, 2.45) is 0 Å². The van der Waals surface area contributed by atoms with Crippen molar-refractivity contribution < 1.29 is 19.1 Å². The number of nitrogens with one attached hydrogen (secondary N) is 1. The molecular formula is C34H27N3O4. The van der Waals surface area contributed by atoms with Gasteiger partial charge in [-0.1, -0.05) is 72.8 Å². The first-order valence-corrected chi connectivity index (χ1v) is 13.7. The van der Waals surface area contributed by atoms with Crippen molar-refractivity contribution in [2.75, 3.05) is 0 Å². The van der Waals surface area contributed by atoms with Crippen LogP contribution < -0.4 is 0 Å². The van der Waals surface area contributed by atoms with E-state index in [2.05, 4.69) is 9.55 Å². The molecule has 5 aromatic rings. The van der Waals surface area contributed by atoms with Gasteiger partial charge in [-0.05, 0) is 23.8 Å². The summed E-state index contributed by atoms with van der Waals surface area (Å²) >= 11 is 0. The predicted molar refractivity (Wildman–Crippen MR) is 157 cm³/mol. The molecule has 0 saturated heterocycles. The van der Waals surface area contributed by atoms with Crippen LogP contribution in [0.15, 0.2) is 103 Å². The standard InChI is InChI=1S/C34H27N3O4/c1-21(38)41-24-16-15-23(17-24)36-20-28(26-12-6-8-14-30(26)36)32-31(27-18-35-29-13-7-5-11-25(27)29)33(39)37(34(32)40)19-22-9-3-2-4-10-22/h2-16,18,20,23-24,35H,17,19H2,1H3/t23-,24+/m1/s1. The van der Waals surface area contributed by atoms with E-state index in [1.54, 1.807) is 0 Å². The summed E-state index contributed by atoms with van der Waals surface area (Å²) in [5.74, 6) is -0.951. The number of ether oxygens (including phenoxy) is 1. The fourth-order valence-corrected chi connectivity index (χ4v) is 6.10. The average molecular weight is 542 g/mol. The van der Waals surface area contributed by atoms with Gasteiger partial charge in [0, 0.05) is 58.7 Å². The van der Waals surface area contributed by atoms with Crippen LogP contribution >= 0.6 is 0 Å². The van der Waals surface area contributed by atoms with Crippen LogP contribution in [0.5, 0.6) is 0 Å². The van der Waals surface area contributed by atoms with Crippen molar-refractivity contribution in [1.29, 1.82) is 0 Å². The molecule has 2 aromatic heterocycles. The van der Waals surface area contributed by atoms with E-state index in [0.29, 0.717) is 28.7 Å². The van der Waals surface area contributed by atoms with Crippen LogP contribution in [0.3, 0.4) is 0 Å². The van der Waals surface area contributed by atoms with E-state index in [0.717, 1.165) is 27.4 Å². The van der Waals surface area contributed by atoms with Gasteiger partial charge in [0.15, 0.2) is 0 Å². The Labute approximate surface area is 236 Å². The van der Waals surface area contributed by atoms with Gasteiger partial charge < -0.3 is 14.3 Å². The first kappa shape index (κ1) is 24.8. The van der Waals surface area contributed by atoms with E-state index < -0.39 is 0 Å². The highest BCUT2D eigenvalue weighted by atomic mass is 16.5. The summed E-state index contributed by atoms with van der Waals surface area (Å²) in [7, 11) is 0. The topological polar surface area (TPSA) is 84.4 Å². The number of aromatic nitrogens is 2. The van der Waals surface area contributed by atoms with E-state index >= 15 is 0 Å². The number of allylic oxidation sites excluding steroid dienone is 1. The Bertz CT molecular complexity index is 1910. The lowest BCUT2D eigenvalue weighted by atomic mass is 9.95. The highest BCUT2D eigenvalue weighted by molar-refractivity contribution is 6.50. The number of hydrogen-bond donors (Lipinski definition) is 1. The largest absolute Gasteiger partial charge is 0.458 e. The zero-order valence-electron chi connectivity index (χ0n) is 22.4. The molecule has 7 nitrogen and oxygen atoms in total. The SMILES string of the molecule is CC(=O)O[C@H]1C=C[C@@H](n2cc(C3=C(c4c[nH]c5ccccc45)C(=O)N(Cc4ccccc4)C3=O)c3ccccc32)C1. The molecule has 0 radical (unpaired) electrons. The van der Waals surface area contributed by atoms with Crippen LogP contribution in [-0.2, 0) is 25.7 Å². The predicted octanol–water partition coefficient (Wildman–Crippen LogP) is 6.04. The number of carbonyl (C=O) groups excluding carboxylic acids is 3. The fourth-order valence-electron chi connectivity index (χ4n) is 6.10. The Hall–Kier alpha value is -5.17. The number of hydrogen-bond acceptors (Lipinski definition) is 4. The smallest absolute Gasteiger partial charge is 0.303 e. The molecule has 7 rings (SSSR count). The van der Waals surface area contributed by atoms with Crippen molar-refractivity contribution in [3.8, 4) is 0 Å². The van der Waals surface area contributed by atoms with Crippen LogP contribution in [0.4, 0.5) is 0 Å². The minimum atomic E-state index is -0.319. The summed E-state index contributed by atoms with van der Waals surface area (Å²) < 4.78 is 7.55. The zero-order valence-corrected chi connectivity index (χ0v) is 22.4. The number of para-hydroxylation sites is 2. The van der Waals surface area contributed by atoms with Crippen LogP contribution in [0, 0.1) is 0 Å². The molecule has 2 amide bonds. The second kappa shape index (κ2) is 9.78. The Kier molecular flexibility index (Phi) is 5.93. The summed E-state index contributed by atoms with van der Waals surface area (Å²) in [6.07, 6.45) is 8.01. The van der Waals surface area contributed by atoms with Crippen molar-refractivity contribution in [3.05, 3.63) is 120 Å². The Morgan fingerprint density at radius 3 is 2.32 bits per heavy atom. The van der Waals surface area contributed by atoms with E-state index in [9.17, 15) is 14.4 Å². The van der Waals surface area contributed by atoms with E-state index in [4.69, 9.17) is 4.74 Å². The van der Waals surface area contributed by atoms with Gasteiger partial charge in [0.1, 0.15) is 6.10 Å². The molecule has 3 aromatic carbocycles. The molecule has 3 heterocycles. The third-order valence-corrected chi connectivity index (χ3v) is 7.92. The van der Waals surface area contributed by atoms with Crippen LogP contribution in [0.1, 0.15) is 36.1 Å². The molecule has 0 bridgehead atoms. The lowest BCUT2D eigenvalue weighted by molar-refractivity contribution is -0.144. The summed E-state index contributed by atoms with van der Waals surface area (Å²) in [6.45, 7) is 1.59. The lowest BCUT2D eigenvalue weighted by Crippen LogP contribution is -2.30. The van der Waals surface area contributed by atoms with Gasteiger partial charge >= 0.3 is 5.97 Å². The van der Waals surface area contributed by atoms with Gasteiger partial charge in [-0.3, -0.25) is 19.3 Å². The number of nitrogens with zero attached hydrogens (tertiary/aromatic N) is 2. The van der Waals surface area contributed by atoms with Crippen LogP contribution in [0.2, 0.25) is 0 Å². The number of carbonyl (C=O) groups is 3. The minimum absolute atomic E-state index is 0.0669. The average Bonchev–Trinajstić information content (AvgIpc) is 3.75. The van der Waals surface area contributed by atoms with E-state index in [1.807, 2.05) is 103 Å². The van der Waals surface area contributed by atoms with Gasteiger partial charge in [0.25, 0.3) is 11.8 Å². The van der Waals surface area contributed by atoms with Crippen molar-refractivity contribution in [3.63, 3.8) is 0 Å².